The van der Waals surface area contributed by atoms with Crippen LogP contribution in [0, 0.1) is 12.8 Å². The number of benzene rings is 1. The smallest absolute Gasteiger partial charge is 0.333 e. The van der Waals surface area contributed by atoms with Gasteiger partial charge >= 0.3 is 5.97 Å². The normalized spacial score (nSPS) is 12.8. The number of carbonyl (C=O) groups excluding carboxylic acids is 2. The van der Waals surface area contributed by atoms with Crippen LogP contribution in [-0.4, -0.2) is 33.8 Å². The van der Waals surface area contributed by atoms with Crippen LogP contribution in [0.5, 0.6) is 0 Å². The second-order valence-electron chi connectivity index (χ2n) is 6.38. The van der Waals surface area contributed by atoms with Gasteiger partial charge in [0.25, 0.3) is 0 Å². The lowest BCUT2D eigenvalue weighted by Crippen LogP contribution is -2.37. The number of hydrogen-bond acceptors (Lipinski definition) is 6. The second kappa shape index (κ2) is 10.0. The fourth-order valence-electron chi connectivity index (χ4n) is 2.52. The van der Waals surface area contributed by atoms with E-state index in [1.807, 2.05) is 19.9 Å². The van der Waals surface area contributed by atoms with Gasteiger partial charge in [-0.05, 0) is 18.4 Å². The van der Waals surface area contributed by atoms with Crippen molar-refractivity contribution in [3.63, 3.8) is 0 Å². The molecule has 0 fully saturated rings. The number of nitrogens with zero attached hydrogens (tertiary/aromatic N) is 3. The van der Waals surface area contributed by atoms with E-state index in [-0.39, 0.29) is 36.8 Å². The average molecular weight is 396 g/mol. The molecule has 0 aliphatic rings. The molecule has 2 rings (SSSR count). The highest BCUT2D eigenvalue weighted by Crippen LogP contribution is 2.18. The van der Waals surface area contributed by atoms with E-state index in [9.17, 15) is 9.59 Å². The number of nitrogens with one attached hydrogen (secondary N) is 1. The fourth-order valence-corrected chi connectivity index (χ4v) is 2.52. The Labute approximate surface area is 164 Å². The van der Waals surface area contributed by atoms with Crippen molar-refractivity contribution < 1.29 is 14.3 Å². The topological polar surface area (TPSA) is 112 Å². The van der Waals surface area contributed by atoms with Gasteiger partial charge in [-0.2, -0.15) is 5.10 Å². The monoisotopic (exact) mass is 395 g/mol. The third-order valence-corrected chi connectivity index (χ3v) is 3.99. The minimum atomic E-state index is -0.888. The van der Waals surface area contributed by atoms with Gasteiger partial charge in [-0.3, -0.25) is 4.79 Å². The molecule has 2 aromatic rings. The highest BCUT2D eigenvalue weighted by Gasteiger charge is 2.25. The molecule has 0 saturated carbocycles. The third kappa shape index (κ3) is 5.77. The summed E-state index contributed by atoms with van der Waals surface area (Å²) in [6.45, 7) is 5.60. The summed E-state index contributed by atoms with van der Waals surface area (Å²) < 4.78 is 6.29. The van der Waals surface area contributed by atoms with E-state index < -0.39 is 12.0 Å². The lowest BCUT2D eigenvalue weighted by molar-refractivity contribution is -0.145. The van der Waals surface area contributed by atoms with E-state index in [4.69, 9.17) is 10.5 Å². The maximum Gasteiger partial charge on any atom is 0.333 e. The van der Waals surface area contributed by atoms with Crippen molar-refractivity contribution >= 4 is 24.3 Å². The zero-order chi connectivity index (χ0) is 19.3. The van der Waals surface area contributed by atoms with E-state index in [0.717, 1.165) is 0 Å². The molecule has 0 radical (unpaired) electrons. The number of carbonyl (C=O) groups is 2. The number of aromatic nitrogens is 3. The molecule has 0 aliphatic heterocycles. The first-order chi connectivity index (χ1) is 12.3. The summed E-state index contributed by atoms with van der Waals surface area (Å²) in [6.07, 6.45) is 0. The van der Waals surface area contributed by atoms with Crippen LogP contribution in [0.25, 0.3) is 0 Å². The molecule has 0 aliphatic carbocycles. The average Bonchev–Trinajstić information content (AvgIpc) is 2.98. The number of nitrogens with two attached hydrogens (primary N) is 1. The van der Waals surface area contributed by atoms with Crippen LogP contribution >= 0.6 is 12.4 Å². The molecular weight excluding hydrogens is 370 g/mol. The molecule has 1 aromatic carbocycles. The van der Waals surface area contributed by atoms with Gasteiger partial charge in [0, 0.05) is 0 Å². The van der Waals surface area contributed by atoms with Crippen LogP contribution in [-0.2, 0) is 20.9 Å². The summed E-state index contributed by atoms with van der Waals surface area (Å²) in [5, 5.41) is 6.94. The molecule has 27 heavy (non-hydrogen) atoms. The molecule has 1 heterocycles. The summed E-state index contributed by atoms with van der Waals surface area (Å²) in [5.41, 5.74) is 6.80. The van der Waals surface area contributed by atoms with Gasteiger partial charge in [-0.1, -0.05) is 44.2 Å². The Hall–Kier alpha value is -2.45. The largest absolute Gasteiger partial charge is 0.467 e. The summed E-state index contributed by atoms with van der Waals surface area (Å²) in [6, 6.07) is 7.69. The van der Waals surface area contributed by atoms with Crippen LogP contribution in [0.4, 0.5) is 0 Å². The number of esters is 1. The minimum absolute atomic E-state index is 0. The van der Waals surface area contributed by atoms with Gasteiger partial charge in [0.1, 0.15) is 18.2 Å². The zero-order valence-corrected chi connectivity index (χ0v) is 16.7. The van der Waals surface area contributed by atoms with E-state index in [1.165, 1.54) is 11.8 Å². The number of ether oxygens (including phenoxy) is 1. The second-order valence-corrected chi connectivity index (χ2v) is 6.38. The Balaban J connectivity index is 0.00000364. The van der Waals surface area contributed by atoms with Gasteiger partial charge in [-0.15, -0.1) is 12.4 Å². The first-order valence-corrected chi connectivity index (χ1v) is 8.42. The Kier molecular flexibility index (Phi) is 8.39. The van der Waals surface area contributed by atoms with Crippen molar-refractivity contribution in [3.05, 3.63) is 47.5 Å². The number of hydrogen-bond donors (Lipinski definition) is 2. The maximum atomic E-state index is 12.5. The standard InChI is InChI=1S/C18H25N5O3.ClH/c1-11(2)15(19)17-20-12(3)22-23(17)10-14(24)21-16(18(25)26-4)13-8-6-5-7-9-13;/h5-9,11,15-16H,10,19H2,1-4H3,(H,21,24);1H/t15-,16-;/m0./s1. The third-order valence-electron chi connectivity index (χ3n) is 3.99. The molecule has 3 N–H and O–H groups in total. The van der Waals surface area contributed by atoms with Crippen molar-refractivity contribution in [1.29, 1.82) is 0 Å². The van der Waals surface area contributed by atoms with E-state index >= 15 is 0 Å². The predicted molar refractivity (Wildman–Crippen MR) is 103 cm³/mol. The summed E-state index contributed by atoms with van der Waals surface area (Å²) >= 11 is 0. The maximum absolute atomic E-state index is 12.5. The zero-order valence-electron chi connectivity index (χ0n) is 15.9. The van der Waals surface area contributed by atoms with Gasteiger partial charge in [0.15, 0.2) is 6.04 Å². The van der Waals surface area contributed by atoms with Gasteiger partial charge in [0.2, 0.25) is 5.91 Å². The highest BCUT2D eigenvalue weighted by atomic mass is 35.5. The molecular formula is C18H26ClN5O3. The molecule has 9 heteroatoms. The molecule has 148 valence electrons. The van der Waals surface area contributed by atoms with Gasteiger partial charge in [-0.25, -0.2) is 14.5 Å². The number of amides is 1. The van der Waals surface area contributed by atoms with Crippen LogP contribution in [0.15, 0.2) is 30.3 Å². The van der Waals surface area contributed by atoms with E-state index in [1.54, 1.807) is 31.2 Å². The molecule has 8 nitrogen and oxygen atoms in total. The number of halogens is 1. The number of aryl methyl sites for hydroxylation is 1. The number of methoxy groups -OCH3 is 1. The molecule has 0 unspecified atom stereocenters. The fraction of sp³-hybridized carbons (Fsp3) is 0.444. The van der Waals surface area contributed by atoms with Crippen LogP contribution in [0.1, 0.15) is 43.1 Å². The summed E-state index contributed by atoms with van der Waals surface area (Å²) in [4.78, 5) is 28.9. The molecule has 1 amide bonds. The quantitative estimate of drug-likeness (QED) is 0.690. The van der Waals surface area contributed by atoms with Crippen LogP contribution < -0.4 is 11.1 Å². The molecule has 0 saturated heterocycles. The van der Waals surface area contributed by atoms with Gasteiger partial charge in [0.05, 0.1) is 13.2 Å². The highest BCUT2D eigenvalue weighted by molar-refractivity contribution is 5.85. The molecule has 2 atom stereocenters. The van der Waals surface area contributed by atoms with Gasteiger partial charge < -0.3 is 15.8 Å². The minimum Gasteiger partial charge on any atom is -0.467 e. The Bertz CT molecular complexity index is 764. The van der Waals surface area contributed by atoms with Crippen molar-refractivity contribution in [1.82, 2.24) is 20.1 Å². The van der Waals surface area contributed by atoms with E-state index in [0.29, 0.717) is 17.2 Å². The van der Waals surface area contributed by atoms with Crippen LogP contribution in [0.2, 0.25) is 0 Å². The predicted octanol–water partition coefficient (Wildman–Crippen LogP) is 1.69. The first-order valence-electron chi connectivity index (χ1n) is 8.42. The lowest BCUT2D eigenvalue weighted by atomic mass is 10.1. The molecule has 0 bridgehead atoms. The molecule has 1 aromatic heterocycles. The van der Waals surface area contributed by atoms with Crippen molar-refractivity contribution in [2.24, 2.45) is 11.7 Å². The van der Waals surface area contributed by atoms with E-state index in [2.05, 4.69) is 15.4 Å². The Morgan fingerprint density at radius 2 is 1.89 bits per heavy atom. The summed E-state index contributed by atoms with van der Waals surface area (Å²) in [5.74, 6) is 0.302. The molecule has 0 spiro atoms. The van der Waals surface area contributed by atoms with Crippen molar-refractivity contribution in [2.75, 3.05) is 7.11 Å². The number of rotatable bonds is 7. The van der Waals surface area contributed by atoms with Crippen LogP contribution in [0.3, 0.4) is 0 Å². The lowest BCUT2D eigenvalue weighted by Gasteiger charge is -2.18. The Morgan fingerprint density at radius 3 is 2.44 bits per heavy atom. The van der Waals surface area contributed by atoms with Crippen molar-refractivity contribution in [2.45, 2.75) is 39.4 Å². The Morgan fingerprint density at radius 1 is 1.26 bits per heavy atom. The first kappa shape index (κ1) is 22.6. The van der Waals surface area contributed by atoms with Crippen molar-refractivity contribution in [3.8, 4) is 0 Å². The SMILES string of the molecule is COC(=O)[C@@H](NC(=O)Cn1nc(C)nc1[C@@H](N)C(C)C)c1ccccc1.Cl. The summed E-state index contributed by atoms with van der Waals surface area (Å²) in [7, 11) is 1.28.